The van der Waals surface area contributed by atoms with Gasteiger partial charge < -0.3 is 15.5 Å². The van der Waals surface area contributed by atoms with Gasteiger partial charge >= 0.3 is 0 Å². The fraction of sp³-hybridized carbons (Fsp3) is 0.500. The number of rotatable bonds is 4. The zero-order valence-electron chi connectivity index (χ0n) is 9.63. The van der Waals surface area contributed by atoms with Crippen LogP contribution in [0.2, 0.25) is 0 Å². The average Bonchev–Trinajstić information content (AvgIpc) is 2.29. The third kappa shape index (κ3) is 2.73. The van der Waals surface area contributed by atoms with E-state index < -0.39 is 17.6 Å². The second-order valence-electron chi connectivity index (χ2n) is 4.00. The van der Waals surface area contributed by atoms with E-state index >= 15 is 0 Å². The zero-order valence-corrected chi connectivity index (χ0v) is 9.63. The summed E-state index contributed by atoms with van der Waals surface area (Å²) in [6.45, 7) is 1.14. The van der Waals surface area contributed by atoms with E-state index in [2.05, 4.69) is 5.32 Å². The van der Waals surface area contributed by atoms with E-state index in [0.29, 0.717) is 0 Å². The van der Waals surface area contributed by atoms with Crippen LogP contribution in [-0.2, 0) is 4.79 Å². The van der Waals surface area contributed by atoms with Crippen LogP contribution in [0.5, 0.6) is 0 Å². The molecule has 0 aliphatic heterocycles. The molecule has 0 aromatic heterocycles. The third-order valence-electron chi connectivity index (χ3n) is 2.81. The largest absolute Gasteiger partial charge is 0.396 e. The Kier molecular flexibility index (Phi) is 4.44. The Hall–Kier alpha value is -1.64. The molecular weight excluding hydrogens is 220 g/mol. The second kappa shape index (κ2) is 5.62. The molecule has 0 fully saturated rings. The van der Waals surface area contributed by atoms with Gasteiger partial charge in [-0.15, -0.1) is 0 Å². The van der Waals surface area contributed by atoms with Gasteiger partial charge in [0.15, 0.2) is 0 Å². The maximum absolute atomic E-state index is 11.1. The van der Waals surface area contributed by atoms with Gasteiger partial charge in [0.2, 0.25) is 5.91 Å². The van der Waals surface area contributed by atoms with Gasteiger partial charge in [0.1, 0.15) is 5.41 Å². The smallest absolute Gasteiger partial charge is 0.217 e. The van der Waals surface area contributed by atoms with Gasteiger partial charge in [0.25, 0.3) is 0 Å². The first-order valence-electron chi connectivity index (χ1n) is 5.40. The molecule has 92 valence electrons. The predicted molar refractivity (Wildman–Crippen MR) is 61.6 cm³/mol. The lowest BCUT2D eigenvalue weighted by molar-refractivity contribution is -0.120. The van der Waals surface area contributed by atoms with Gasteiger partial charge in [-0.25, -0.2) is 0 Å². The summed E-state index contributed by atoms with van der Waals surface area (Å²) in [5, 5.41) is 30.8. The van der Waals surface area contributed by atoms with E-state index in [0.717, 1.165) is 0 Å². The first-order valence-corrected chi connectivity index (χ1v) is 5.40. The fourth-order valence-corrected chi connectivity index (χ4v) is 1.90. The molecule has 3 atom stereocenters. The lowest BCUT2D eigenvalue weighted by Crippen LogP contribution is -2.51. The maximum atomic E-state index is 11.1. The summed E-state index contributed by atoms with van der Waals surface area (Å²) >= 11 is 0. The van der Waals surface area contributed by atoms with Crippen LogP contribution >= 0.6 is 0 Å². The van der Waals surface area contributed by atoms with Gasteiger partial charge in [0, 0.05) is 13.5 Å². The minimum atomic E-state index is -1.22. The lowest BCUT2D eigenvalue weighted by atomic mass is 9.73. The molecular formula is C12H16N2O3. The van der Waals surface area contributed by atoms with E-state index in [4.69, 9.17) is 5.11 Å². The quantitative estimate of drug-likeness (QED) is 0.634. The third-order valence-corrected chi connectivity index (χ3v) is 2.81. The Morgan fingerprint density at radius 3 is 2.88 bits per heavy atom. The average molecular weight is 236 g/mol. The molecule has 0 bridgehead atoms. The van der Waals surface area contributed by atoms with Crippen LogP contribution < -0.4 is 5.32 Å². The molecule has 0 aromatic carbocycles. The van der Waals surface area contributed by atoms with Crippen LogP contribution in [0.4, 0.5) is 0 Å². The molecule has 3 unspecified atom stereocenters. The molecule has 0 saturated carbocycles. The number of nitrogens with one attached hydrogen (secondary N) is 1. The van der Waals surface area contributed by atoms with Crippen molar-refractivity contribution < 1.29 is 15.0 Å². The number of carbonyl (C=O) groups is 1. The van der Waals surface area contributed by atoms with E-state index in [1.54, 1.807) is 24.3 Å². The number of nitriles is 1. The first-order chi connectivity index (χ1) is 8.06. The number of carbonyl (C=O) groups excluding carboxylic acids is 1. The Morgan fingerprint density at radius 1 is 1.65 bits per heavy atom. The summed E-state index contributed by atoms with van der Waals surface area (Å²) in [5.74, 6) is -0.272. The minimum absolute atomic E-state index is 0.0851. The topological polar surface area (TPSA) is 93.4 Å². The van der Waals surface area contributed by atoms with Crippen LogP contribution in [0.1, 0.15) is 13.3 Å². The summed E-state index contributed by atoms with van der Waals surface area (Å²) in [4.78, 5) is 11.1. The molecule has 0 saturated heterocycles. The van der Waals surface area contributed by atoms with Crippen molar-refractivity contribution in [3.63, 3.8) is 0 Å². The predicted octanol–water partition coefficient (Wildman–Crippen LogP) is -0.130. The van der Waals surface area contributed by atoms with Crippen molar-refractivity contribution >= 4 is 5.91 Å². The van der Waals surface area contributed by atoms with E-state index in [9.17, 15) is 15.2 Å². The van der Waals surface area contributed by atoms with Crippen molar-refractivity contribution in [2.75, 3.05) is 6.61 Å². The monoisotopic (exact) mass is 236 g/mol. The molecule has 0 heterocycles. The Morgan fingerprint density at radius 2 is 2.35 bits per heavy atom. The molecule has 1 rings (SSSR count). The molecule has 0 spiro atoms. The number of amides is 1. The van der Waals surface area contributed by atoms with Gasteiger partial charge in [-0.05, 0) is 6.42 Å². The highest BCUT2D eigenvalue weighted by molar-refractivity contribution is 5.74. The summed E-state index contributed by atoms with van der Waals surface area (Å²) in [7, 11) is 0. The molecule has 1 amide bonds. The van der Waals surface area contributed by atoms with Crippen molar-refractivity contribution in [2.24, 2.45) is 5.41 Å². The number of allylic oxidation sites excluding steroid dienone is 2. The van der Waals surface area contributed by atoms with Crippen molar-refractivity contribution in [3.05, 3.63) is 24.3 Å². The fourth-order valence-electron chi connectivity index (χ4n) is 1.90. The van der Waals surface area contributed by atoms with Crippen molar-refractivity contribution in [1.82, 2.24) is 5.32 Å². The van der Waals surface area contributed by atoms with Gasteiger partial charge in [-0.3, -0.25) is 4.79 Å². The zero-order chi connectivity index (χ0) is 12.9. The highest BCUT2D eigenvalue weighted by Gasteiger charge is 2.43. The molecule has 1 aliphatic carbocycles. The summed E-state index contributed by atoms with van der Waals surface area (Å²) < 4.78 is 0. The molecule has 0 radical (unpaired) electrons. The van der Waals surface area contributed by atoms with E-state index in [-0.39, 0.29) is 18.9 Å². The van der Waals surface area contributed by atoms with E-state index in [1.807, 2.05) is 6.07 Å². The number of hydrogen-bond acceptors (Lipinski definition) is 4. The molecule has 17 heavy (non-hydrogen) atoms. The number of aliphatic hydroxyl groups is 2. The highest BCUT2D eigenvalue weighted by atomic mass is 16.3. The second-order valence-corrected chi connectivity index (χ2v) is 4.00. The number of nitrogens with zero attached hydrogens (tertiary/aromatic N) is 1. The van der Waals surface area contributed by atoms with Crippen molar-refractivity contribution in [3.8, 4) is 6.07 Å². The standard InChI is InChI=1S/C12H16N2O3/c1-9(16)14-10-4-2-3-6-12(10,8-13)11(17)5-7-15/h2-4,6,10-11,15,17H,5,7H2,1H3,(H,14,16). The number of hydrogen-bond donors (Lipinski definition) is 3. The molecule has 3 N–H and O–H groups in total. The molecule has 5 nitrogen and oxygen atoms in total. The Bertz CT molecular complexity index is 384. The van der Waals surface area contributed by atoms with Gasteiger partial charge in [-0.2, -0.15) is 5.26 Å². The van der Waals surface area contributed by atoms with Crippen LogP contribution in [-0.4, -0.2) is 34.9 Å². The first kappa shape index (κ1) is 13.4. The molecule has 0 aromatic rings. The Labute approximate surface area is 100 Å². The molecule has 5 heteroatoms. The van der Waals surface area contributed by atoms with Crippen LogP contribution in [0, 0.1) is 16.7 Å². The summed E-state index contributed by atoms with van der Waals surface area (Å²) in [5.41, 5.74) is -1.22. The normalized spacial score (nSPS) is 28.5. The van der Waals surface area contributed by atoms with Gasteiger partial charge in [0.05, 0.1) is 18.2 Å². The van der Waals surface area contributed by atoms with Crippen LogP contribution in [0.25, 0.3) is 0 Å². The lowest BCUT2D eigenvalue weighted by Gasteiger charge is -2.36. The van der Waals surface area contributed by atoms with Gasteiger partial charge in [-0.1, -0.05) is 24.3 Å². The summed E-state index contributed by atoms with van der Waals surface area (Å²) in [6.07, 6.45) is 5.64. The summed E-state index contributed by atoms with van der Waals surface area (Å²) in [6, 6.07) is 1.46. The van der Waals surface area contributed by atoms with Crippen molar-refractivity contribution in [2.45, 2.75) is 25.5 Å². The number of aliphatic hydroxyl groups excluding tert-OH is 2. The minimum Gasteiger partial charge on any atom is -0.396 e. The maximum Gasteiger partial charge on any atom is 0.217 e. The molecule has 1 aliphatic rings. The SMILES string of the molecule is CC(=O)NC1C=CC=CC1(C#N)C(O)CCO. The van der Waals surface area contributed by atoms with Crippen LogP contribution in [0.3, 0.4) is 0 Å². The van der Waals surface area contributed by atoms with E-state index in [1.165, 1.54) is 6.92 Å². The van der Waals surface area contributed by atoms with Crippen molar-refractivity contribution in [1.29, 1.82) is 5.26 Å². The van der Waals surface area contributed by atoms with Crippen LogP contribution in [0.15, 0.2) is 24.3 Å². The Balaban J connectivity index is 3.01. The highest BCUT2D eigenvalue weighted by Crippen LogP contribution is 2.33.